The Balaban J connectivity index is 3.07. The van der Waals surface area contributed by atoms with Crippen LogP contribution in [-0.2, 0) is 24.7 Å². The molecule has 1 atom stereocenters. The zero-order valence-corrected chi connectivity index (χ0v) is 11.7. The third-order valence-electron chi connectivity index (χ3n) is 2.10. The summed E-state index contributed by atoms with van der Waals surface area (Å²) >= 11 is 0. The number of carboxylic acids is 1. The molecule has 0 aromatic carbocycles. The molecule has 10 heteroatoms. The summed E-state index contributed by atoms with van der Waals surface area (Å²) in [6.45, 7) is 1.16. The van der Waals surface area contributed by atoms with Crippen molar-refractivity contribution in [2.45, 2.75) is 22.9 Å². The minimum atomic E-state index is -4.05. The van der Waals surface area contributed by atoms with Crippen molar-refractivity contribution < 1.29 is 26.7 Å². The molecule has 2 N–H and O–H groups in total. The van der Waals surface area contributed by atoms with Gasteiger partial charge in [-0.05, 0) is 19.1 Å². The Morgan fingerprint density at radius 2 is 1.89 bits per heavy atom. The molecular weight excluding hydrogens is 296 g/mol. The van der Waals surface area contributed by atoms with Gasteiger partial charge in [-0.3, -0.25) is 4.79 Å². The molecule has 0 bridgehead atoms. The number of sulfonamides is 1. The minimum Gasteiger partial charge on any atom is -0.480 e. The first-order valence-electron chi connectivity index (χ1n) is 4.95. The summed E-state index contributed by atoms with van der Waals surface area (Å²) in [5.74, 6) is -1.33. The van der Waals surface area contributed by atoms with Gasteiger partial charge in [-0.15, -0.1) is 0 Å². The number of aromatic nitrogens is 1. The number of sulfone groups is 1. The van der Waals surface area contributed by atoms with Crippen molar-refractivity contribution in [3.8, 4) is 0 Å². The molecule has 1 rings (SSSR count). The molecule has 0 spiro atoms. The van der Waals surface area contributed by atoms with E-state index in [1.807, 2.05) is 4.72 Å². The molecule has 1 aromatic heterocycles. The molecule has 0 fully saturated rings. The lowest BCUT2D eigenvalue weighted by molar-refractivity contribution is -0.138. The average molecular weight is 308 g/mol. The number of nitrogens with zero attached hydrogens (tertiary/aromatic N) is 1. The highest BCUT2D eigenvalue weighted by atomic mass is 32.2. The first kappa shape index (κ1) is 15.5. The fraction of sp³-hybridized carbons (Fsp3) is 0.333. The van der Waals surface area contributed by atoms with Gasteiger partial charge in [0.15, 0.2) is 14.9 Å². The number of rotatable bonds is 5. The van der Waals surface area contributed by atoms with E-state index in [9.17, 15) is 21.6 Å². The van der Waals surface area contributed by atoms with Crippen LogP contribution >= 0.6 is 0 Å². The first-order chi connectivity index (χ1) is 8.54. The predicted octanol–water partition coefficient (Wildman–Crippen LogP) is -0.763. The molecule has 106 valence electrons. The van der Waals surface area contributed by atoms with Gasteiger partial charge >= 0.3 is 5.97 Å². The Hall–Kier alpha value is -1.52. The van der Waals surface area contributed by atoms with E-state index >= 15 is 0 Å². The second-order valence-corrected chi connectivity index (χ2v) is 7.46. The fourth-order valence-corrected chi connectivity index (χ4v) is 2.80. The number of hydrogen-bond acceptors (Lipinski definition) is 6. The highest BCUT2D eigenvalue weighted by Crippen LogP contribution is 2.11. The van der Waals surface area contributed by atoms with E-state index in [0.29, 0.717) is 0 Å². The summed E-state index contributed by atoms with van der Waals surface area (Å²) in [6.07, 6.45) is 1.79. The van der Waals surface area contributed by atoms with Crippen LogP contribution in [0.3, 0.4) is 0 Å². The zero-order valence-electron chi connectivity index (χ0n) is 10.1. The van der Waals surface area contributed by atoms with Crippen molar-refractivity contribution >= 4 is 25.8 Å². The van der Waals surface area contributed by atoms with E-state index in [4.69, 9.17) is 5.11 Å². The standard InChI is InChI=1S/C9H12N2O6S2/c1-6(9(12)13)11-19(16,17)7-3-4-8(10-5-7)18(2,14)15/h3-6,11H,1-2H3,(H,12,13)/t6-/m1/s1. The fourth-order valence-electron chi connectivity index (χ4n) is 1.10. The van der Waals surface area contributed by atoms with Crippen molar-refractivity contribution in [2.24, 2.45) is 0 Å². The quantitative estimate of drug-likeness (QED) is 0.730. The van der Waals surface area contributed by atoms with Gasteiger partial charge in [-0.2, -0.15) is 4.72 Å². The maximum absolute atomic E-state index is 11.7. The number of aliphatic carboxylic acids is 1. The molecule has 1 aromatic rings. The summed E-state index contributed by atoms with van der Waals surface area (Å²) in [6, 6.07) is 0.773. The number of hydrogen-bond donors (Lipinski definition) is 2. The molecule has 0 saturated carbocycles. The lowest BCUT2D eigenvalue weighted by Gasteiger charge is -2.10. The van der Waals surface area contributed by atoms with Gasteiger partial charge in [0.05, 0.1) is 0 Å². The van der Waals surface area contributed by atoms with Gasteiger partial charge in [-0.1, -0.05) is 0 Å². The Morgan fingerprint density at radius 1 is 1.32 bits per heavy atom. The maximum Gasteiger partial charge on any atom is 0.321 e. The van der Waals surface area contributed by atoms with Crippen LogP contribution in [0.25, 0.3) is 0 Å². The van der Waals surface area contributed by atoms with Crippen LogP contribution < -0.4 is 4.72 Å². The Kier molecular flexibility index (Phi) is 4.28. The summed E-state index contributed by atoms with van der Waals surface area (Å²) < 4.78 is 47.7. The third kappa shape index (κ3) is 3.98. The molecule has 0 unspecified atom stereocenters. The lowest BCUT2D eigenvalue weighted by Crippen LogP contribution is -2.38. The molecular formula is C9H12N2O6S2. The molecule has 0 aliphatic rings. The van der Waals surface area contributed by atoms with Crippen LogP contribution in [0.15, 0.2) is 28.3 Å². The molecule has 0 amide bonds. The average Bonchev–Trinajstić information content (AvgIpc) is 2.27. The van der Waals surface area contributed by atoms with Gasteiger partial charge in [0, 0.05) is 12.5 Å². The maximum atomic E-state index is 11.7. The van der Waals surface area contributed by atoms with Crippen LogP contribution in [0.2, 0.25) is 0 Å². The number of carboxylic acid groups (broad SMARTS) is 1. The molecule has 0 saturated heterocycles. The van der Waals surface area contributed by atoms with Crippen molar-refractivity contribution in [3.05, 3.63) is 18.3 Å². The monoisotopic (exact) mass is 308 g/mol. The van der Waals surface area contributed by atoms with E-state index in [2.05, 4.69) is 4.98 Å². The van der Waals surface area contributed by atoms with Crippen molar-refractivity contribution in [2.75, 3.05) is 6.26 Å². The Morgan fingerprint density at radius 3 is 2.26 bits per heavy atom. The van der Waals surface area contributed by atoms with Gasteiger partial charge in [-0.25, -0.2) is 21.8 Å². The highest BCUT2D eigenvalue weighted by Gasteiger charge is 2.22. The molecule has 0 aliphatic heterocycles. The lowest BCUT2D eigenvalue weighted by atomic mass is 10.4. The van der Waals surface area contributed by atoms with Crippen molar-refractivity contribution in [1.29, 1.82) is 0 Å². The largest absolute Gasteiger partial charge is 0.480 e. The van der Waals surface area contributed by atoms with Gasteiger partial charge < -0.3 is 5.11 Å². The van der Waals surface area contributed by atoms with Gasteiger partial charge in [0.25, 0.3) is 0 Å². The predicted molar refractivity (Wildman–Crippen MR) is 64.8 cm³/mol. The smallest absolute Gasteiger partial charge is 0.321 e. The van der Waals surface area contributed by atoms with Crippen LogP contribution in [0.4, 0.5) is 0 Å². The zero-order chi connectivity index (χ0) is 14.8. The molecule has 8 nitrogen and oxygen atoms in total. The number of nitrogens with one attached hydrogen (secondary N) is 1. The van der Waals surface area contributed by atoms with E-state index < -0.39 is 31.9 Å². The Bertz CT molecular complexity index is 678. The van der Waals surface area contributed by atoms with E-state index in [0.717, 1.165) is 31.5 Å². The first-order valence-corrected chi connectivity index (χ1v) is 8.33. The molecule has 19 heavy (non-hydrogen) atoms. The SMILES string of the molecule is C[C@@H](NS(=O)(=O)c1ccc(S(C)(=O)=O)nc1)C(=O)O. The second kappa shape index (κ2) is 5.23. The summed E-state index contributed by atoms with van der Waals surface area (Å²) in [5.41, 5.74) is 0. The van der Waals surface area contributed by atoms with Gasteiger partial charge in [0.1, 0.15) is 10.9 Å². The summed E-state index contributed by atoms with van der Waals surface area (Å²) in [4.78, 5) is 13.8. The highest BCUT2D eigenvalue weighted by molar-refractivity contribution is 7.90. The Labute approximate surface area is 110 Å². The normalized spacial score (nSPS) is 14.0. The van der Waals surface area contributed by atoms with Crippen LogP contribution in [0, 0.1) is 0 Å². The molecule has 1 heterocycles. The van der Waals surface area contributed by atoms with Crippen molar-refractivity contribution in [3.63, 3.8) is 0 Å². The summed E-state index contributed by atoms with van der Waals surface area (Å²) in [5, 5.41) is 8.36. The number of pyridine rings is 1. The molecule has 0 radical (unpaired) electrons. The van der Waals surface area contributed by atoms with E-state index in [1.165, 1.54) is 0 Å². The van der Waals surface area contributed by atoms with Crippen LogP contribution in [0.5, 0.6) is 0 Å². The van der Waals surface area contributed by atoms with E-state index in [-0.39, 0.29) is 9.92 Å². The van der Waals surface area contributed by atoms with Crippen LogP contribution in [-0.4, -0.2) is 45.2 Å². The third-order valence-corrected chi connectivity index (χ3v) is 4.63. The minimum absolute atomic E-state index is 0.266. The van der Waals surface area contributed by atoms with Gasteiger partial charge in [0.2, 0.25) is 10.0 Å². The second-order valence-electron chi connectivity index (χ2n) is 3.79. The summed E-state index contributed by atoms with van der Waals surface area (Å²) in [7, 11) is -7.58. The van der Waals surface area contributed by atoms with Crippen molar-refractivity contribution in [1.82, 2.24) is 9.71 Å². The van der Waals surface area contributed by atoms with Crippen LogP contribution in [0.1, 0.15) is 6.92 Å². The number of carbonyl (C=O) groups is 1. The van der Waals surface area contributed by atoms with E-state index in [1.54, 1.807) is 0 Å². The topological polar surface area (TPSA) is 130 Å². The molecule has 0 aliphatic carbocycles.